The second kappa shape index (κ2) is 7.01. The minimum absolute atomic E-state index is 0.190. The molecule has 8 heteroatoms. The van der Waals surface area contributed by atoms with Crippen molar-refractivity contribution in [1.29, 1.82) is 0 Å². The van der Waals surface area contributed by atoms with Crippen molar-refractivity contribution in [3.05, 3.63) is 18.0 Å². The lowest BCUT2D eigenvalue weighted by Crippen LogP contribution is -2.40. The molecule has 0 amide bonds. The Morgan fingerprint density at radius 1 is 1.37 bits per heavy atom. The number of rotatable bonds is 5. The van der Waals surface area contributed by atoms with Gasteiger partial charge in [-0.1, -0.05) is 0 Å². The molecule has 0 saturated carbocycles. The van der Waals surface area contributed by atoms with Gasteiger partial charge in [-0.15, -0.1) is 0 Å². The van der Waals surface area contributed by atoms with E-state index in [4.69, 9.17) is 0 Å². The van der Waals surface area contributed by atoms with Gasteiger partial charge < -0.3 is 10.6 Å². The average molecular weight is 277 g/mol. The smallest absolute Gasteiger partial charge is 0.356 e. The highest BCUT2D eigenvalue weighted by molar-refractivity contribution is 5.79. The third kappa shape index (κ3) is 6.68. The lowest BCUT2D eigenvalue weighted by atomic mass is 10.4. The maximum atomic E-state index is 12.0. The van der Waals surface area contributed by atoms with Crippen LogP contribution in [0.1, 0.15) is 12.0 Å². The highest BCUT2D eigenvalue weighted by atomic mass is 19.4. The Bertz CT molecular complexity index is 411. The zero-order valence-electron chi connectivity index (χ0n) is 11.0. The molecule has 1 aromatic heterocycles. The van der Waals surface area contributed by atoms with E-state index in [1.807, 2.05) is 13.1 Å². The first-order chi connectivity index (χ1) is 8.90. The first-order valence-electron chi connectivity index (χ1n) is 5.91. The van der Waals surface area contributed by atoms with Crippen LogP contribution in [-0.4, -0.2) is 42.1 Å². The molecule has 5 nitrogen and oxygen atoms in total. The van der Waals surface area contributed by atoms with Crippen LogP contribution >= 0.6 is 0 Å². The van der Waals surface area contributed by atoms with Crippen molar-refractivity contribution in [2.75, 3.05) is 20.1 Å². The molecular weight excluding hydrogens is 259 g/mol. The topological polar surface area (TPSA) is 54.2 Å². The predicted octanol–water partition coefficient (Wildman–Crippen LogP) is 1.31. The summed E-state index contributed by atoms with van der Waals surface area (Å²) in [4.78, 5) is 3.84. The maximum Gasteiger partial charge on any atom is 0.390 e. The molecule has 0 unspecified atom stereocenters. The zero-order chi connectivity index (χ0) is 14.3. The Kier molecular flexibility index (Phi) is 5.65. The van der Waals surface area contributed by atoms with E-state index in [9.17, 15) is 13.2 Å². The molecule has 0 spiro atoms. The van der Waals surface area contributed by atoms with Gasteiger partial charge in [-0.25, -0.2) is 0 Å². The molecule has 108 valence electrons. The fourth-order valence-electron chi connectivity index (χ4n) is 1.42. The summed E-state index contributed by atoms with van der Waals surface area (Å²) in [6.45, 7) is 2.90. The van der Waals surface area contributed by atoms with Gasteiger partial charge >= 0.3 is 6.18 Å². The molecule has 0 aliphatic rings. The van der Waals surface area contributed by atoms with Crippen molar-refractivity contribution in [1.82, 2.24) is 20.4 Å². The average Bonchev–Trinajstić information content (AvgIpc) is 2.71. The molecule has 1 aromatic rings. The van der Waals surface area contributed by atoms with Crippen LogP contribution in [0.5, 0.6) is 0 Å². The molecule has 0 atom stereocenters. The van der Waals surface area contributed by atoms with Gasteiger partial charge in [0.25, 0.3) is 0 Å². The number of nitrogens with zero attached hydrogens (tertiary/aromatic N) is 3. The van der Waals surface area contributed by atoms with Crippen LogP contribution in [0, 0.1) is 6.92 Å². The number of guanidine groups is 1. The van der Waals surface area contributed by atoms with Gasteiger partial charge in [0.2, 0.25) is 0 Å². The van der Waals surface area contributed by atoms with Gasteiger partial charge in [-0.05, 0) is 12.5 Å². The van der Waals surface area contributed by atoms with Gasteiger partial charge in [0.05, 0.1) is 19.2 Å². The Balaban J connectivity index is 2.22. The van der Waals surface area contributed by atoms with Crippen LogP contribution in [0.3, 0.4) is 0 Å². The molecule has 19 heavy (non-hydrogen) atoms. The summed E-state index contributed by atoms with van der Waals surface area (Å²) in [7, 11) is 1.51. The van der Waals surface area contributed by atoms with Gasteiger partial charge in [-0.3, -0.25) is 9.67 Å². The second-order valence-electron chi connectivity index (χ2n) is 4.07. The summed E-state index contributed by atoms with van der Waals surface area (Å²) < 4.78 is 37.7. The summed E-state index contributed by atoms with van der Waals surface area (Å²) in [5, 5.41) is 9.63. The van der Waals surface area contributed by atoms with Crippen molar-refractivity contribution in [3.8, 4) is 0 Å². The number of nitrogens with one attached hydrogen (secondary N) is 2. The lowest BCUT2D eigenvalue weighted by Gasteiger charge is -2.12. The Labute approximate surface area is 109 Å². The molecule has 2 N–H and O–H groups in total. The molecule has 0 aliphatic heterocycles. The quantitative estimate of drug-likeness (QED) is 0.630. The SMILES string of the molecule is CN=C(NCCn1cc(C)cn1)NCCC(F)(F)F. The van der Waals surface area contributed by atoms with E-state index in [-0.39, 0.29) is 6.54 Å². The van der Waals surface area contributed by atoms with E-state index >= 15 is 0 Å². The first kappa shape index (κ1) is 15.3. The highest BCUT2D eigenvalue weighted by Crippen LogP contribution is 2.17. The first-order valence-corrected chi connectivity index (χ1v) is 5.91. The third-order valence-corrected chi connectivity index (χ3v) is 2.32. The molecule has 0 aliphatic carbocycles. The van der Waals surface area contributed by atoms with Crippen LogP contribution in [-0.2, 0) is 6.54 Å². The molecule has 0 bridgehead atoms. The fourth-order valence-corrected chi connectivity index (χ4v) is 1.42. The Morgan fingerprint density at radius 2 is 2.05 bits per heavy atom. The summed E-state index contributed by atoms with van der Waals surface area (Å²) in [6.07, 6.45) is -1.40. The summed E-state index contributed by atoms with van der Waals surface area (Å²) in [6, 6.07) is 0. The number of hydrogen-bond donors (Lipinski definition) is 2. The van der Waals surface area contributed by atoms with Gasteiger partial charge in [0.15, 0.2) is 5.96 Å². The third-order valence-electron chi connectivity index (χ3n) is 2.32. The molecule has 0 aromatic carbocycles. The van der Waals surface area contributed by atoms with E-state index in [0.29, 0.717) is 19.0 Å². The molecular formula is C11H18F3N5. The van der Waals surface area contributed by atoms with Crippen LogP contribution in [0.25, 0.3) is 0 Å². The van der Waals surface area contributed by atoms with E-state index in [1.165, 1.54) is 7.05 Å². The number of halogens is 3. The second-order valence-corrected chi connectivity index (χ2v) is 4.07. The van der Waals surface area contributed by atoms with Crippen molar-refractivity contribution in [2.24, 2.45) is 4.99 Å². The Morgan fingerprint density at radius 3 is 2.58 bits per heavy atom. The van der Waals surface area contributed by atoms with E-state index in [1.54, 1.807) is 10.9 Å². The van der Waals surface area contributed by atoms with E-state index in [0.717, 1.165) is 5.56 Å². The fraction of sp³-hybridized carbons (Fsp3) is 0.636. The van der Waals surface area contributed by atoms with Crippen molar-refractivity contribution in [2.45, 2.75) is 26.1 Å². The molecule has 1 heterocycles. The van der Waals surface area contributed by atoms with Crippen molar-refractivity contribution < 1.29 is 13.2 Å². The standard InChI is InChI=1S/C11H18F3N5/c1-9-7-18-19(8-9)6-5-17-10(15-2)16-4-3-11(12,13)14/h7-8H,3-6H2,1-2H3,(H2,15,16,17). The van der Waals surface area contributed by atoms with Crippen molar-refractivity contribution >= 4 is 5.96 Å². The molecule has 0 saturated heterocycles. The summed E-state index contributed by atoms with van der Waals surface area (Å²) in [5.41, 5.74) is 1.06. The van der Waals surface area contributed by atoms with Crippen LogP contribution in [0.15, 0.2) is 17.4 Å². The van der Waals surface area contributed by atoms with Crippen LogP contribution in [0.2, 0.25) is 0 Å². The maximum absolute atomic E-state index is 12.0. The zero-order valence-corrected chi connectivity index (χ0v) is 11.0. The van der Waals surface area contributed by atoms with Gasteiger partial charge in [-0.2, -0.15) is 18.3 Å². The van der Waals surface area contributed by atoms with Crippen LogP contribution in [0.4, 0.5) is 13.2 Å². The number of aliphatic imine (C=N–C) groups is 1. The number of aromatic nitrogens is 2. The molecule has 1 rings (SSSR count). The minimum Gasteiger partial charge on any atom is -0.356 e. The molecule has 0 fully saturated rings. The van der Waals surface area contributed by atoms with Gasteiger partial charge in [0.1, 0.15) is 0 Å². The molecule has 0 radical (unpaired) electrons. The monoisotopic (exact) mass is 277 g/mol. The number of alkyl halides is 3. The summed E-state index contributed by atoms with van der Waals surface area (Å²) in [5.74, 6) is 0.355. The van der Waals surface area contributed by atoms with Gasteiger partial charge in [0, 0.05) is 26.3 Å². The highest BCUT2D eigenvalue weighted by Gasteiger charge is 2.26. The van der Waals surface area contributed by atoms with Crippen molar-refractivity contribution in [3.63, 3.8) is 0 Å². The predicted molar refractivity (Wildman–Crippen MR) is 67.0 cm³/mol. The van der Waals surface area contributed by atoms with E-state index < -0.39 is 12.6 Å². The van der Waals surface area contributed by atoms with Crippen LogP contribution < -0.4 is 10.6 Å². The van der Waals surface area contributed by atoms with E-state index in [2.05, 4.69) is 20.7 Å². The number of hydrogen-bond acceptors (Lipinski definition) is 2. The minimum atomic E-state index is -4.15. The summed E-state index contributed by atoms with van der Waals surface area (Å²) >= 11 is 0. The lowest BCUT2D eigenvalue weighted by molar-refractivity contribution is -0.132. The number of aryl methyl sites for hydroxylation is 1. The largest absolute Gasteiger partial charge is 0.390 e. The normalized spacial score (nSPS) is 12.6. The Hall–Kier alpha value is -1.73.